The summed E-state index contributed by atoms with van der Waals surface area (Å²) in [5, 5.41) is 3.49. The van der Waals surface area contributed by atoms with Crippen LogP contribution in [0.4, 0.5) is 0 Å². The number of halogens is 1. The van der Waals surface area contributed by atoms with E-state index in [1.807, 2.05) is 6.07 Å². The third kappa shape index (κ3) is 3.24. The van der Waals surface area contributed by atoms with Gasteiger partial charge in [0.1, 0.15) is 0 Å². The standard InChI is InChI=1S/C14H22ClNS/c1-9-6-10(2)8-11(7-9)14(16-3)12-4-5-13(15)17-12/h4-5,9-11,14,16H,6-8H2,1-3H3. The molecule has 96 valence electrons. The maximum atomic E-state index is 6.05. The van der Waals surface area contributed by atoms with Crippen molar-refractivity contribution in [1.29, 1.82) is 0 Å². The lowest BCUT2D eigenvalue weighted by Crippen LogP contribution is -2.30. The number of nitrogens with one attached hydrogen (secondary N) is 1. The maximum absolute atomic E-state index is 6.05. The highest BCUT2D eigenvalue weighted by atomic mass is 35.5. The fraction of sp³-hybridized carbons (Fsp3) is 0.714. The van der Waals surface area contributed by atoms with Gasteiger partial charge in [-0.05, 0) is 56.2 Å². The lowest BCUT2D eigenvalue weighted by molar-refractivity contribution is 0.182. The molecule has 0 radical (unpaired) electrons. The van der Waals surface area contributed by atoms with E-state index in [4.69, 9.17) is 11.6 Å². The Bertz CT molecular complexity index is 353. The Morgan fingerprint density at radius 3 is 2.35 bits per heavy atom. The molecule has 3 unspecified atom stereocenters. The van der Waals surface area contributed by atoms with Crippen LogP contribution in [0.1, 0.15) is 44.0 Å². The topological polar surface area (TPSA) is 12.0 Å². The first-order valence-corrected chi connectivity index (χ1v) is 7.72. The van der Waals surface area contributed by atoms with Gasteiger partial charge in [-0.3, -0.25) is 0 Å². The first kappa shape index (κ1) is 13.4. The molecule has 3 atom stereocenters. The van der Waals surface area contributed by atoms with Crippen LogP contribution >= 0.6 is 22.9 Å². The van der Waals surface area contributed by atoms with E-state index in [9.17, 15) is 0 Å². The average Bonchev–Trinajstić information content (AvgIpc) is 2.64. The fourth-order valence-corrected chi connectivity index (χ4v) is 4.65. The highest BCUT2D eigenvalue weighted by Gasteiger charge is 2.30. The molecule has 1 aromatic heterocycles. The molecule has 0 saturated heterocycles. The minimum Gasteiger partial charge on any atom is -0.312 e. The van der Waals surface area contributed by atoms with E-state index in [0.717, 1.165) is 22.1 Å². The molecule has 1 heterocycles. The van der Waals surface area contributed by atoms with Gasteiger partial charge < -0.3 is 5.32 Å². The fourth-order valence-electron chi connectivity index (χ4n) is 3.39. The average molecular weight is 272 g/mol. The zero-order chi connectivity index (χ0) is 12.4. The molecule has 0 aromatic carbocycles. The van der Waals surface area contributed by atoms with Gasteiger partial charge in [0, 0.05) is 10.9 Å². The van der Waals surface area contributed by atoms with E-state index < -0.39 is 0 Å². The normalized spacial score (nSPS) is 31.4. The molecule has 0 aliphatic heterocycles. The Kier molecular flexibility index (Phi) is 4.51. The largest absolute Gasteiger partial charge is 0.312 e. The number of hydrogen-bond donors (Lipinski definition) is 1. The van der Waals surface area contributed by atoms with Gasteiger partial charge in [-0.25, -0.2) is 0 Å². The van der Waals surface area contributed by atoms with Crippen LogP contribution in [0.2, 0.25) is 4.34 Å². The van der Waals surface area contributed by atoms with E-state index >= 15 is 0 Å². The van der Waals surface area contributed by atoms with Crippen LogP contribution in [-0.2, 0) is 0 Å². The first-order valence-electron chi connectivity index (χ1n) is 6.52. The number of rotatable bonds is 3. The van der Waals surface area contributed by atoms with Crippen molar-refractivity contribution in [3.8, 4) is 0 Å². The molecule has 2 rings (SSSR count). The van der Waals surface area contributed by atoms with Gasteiger partial charge in [-0.1, -0.05) is 25.4 Å². The molecule has 17 heavy (non-hydrogen) atoms. The summed E-state index contributed by atoms with van der Waals surface area (Å²) in [4.78, 5) is 1.39. The van der Waals surface area contributed by atoms with Crippen LogP contribution in [0, 0.1) is 17.8 Å². The quantitative estimate of drug-likeness (QED) is 0.838. The van der Waals surface area contributed by atoms with Crippen LogP contribution in [0.15, 0.2) is 12.1 Å². The Morgan fingerprint density at radius 1 is 1.24 bits per heavy atom. The van der Waals surface area contributed by atoms with Crippen LogP contribution in [0.5, 0.6) is 0 Å². The summed E-state index contributed by atoms with van der Waals surface area (Å²) in [6.45, 7) is 4.77. The van der Waals surface area contributed by atoms with E-state index in [1.54, 1.807) is 11.3 Å². The summed E-state index contributed by atoms with van der Waals surface area (Å²) in [6, 6.07) is 4.68. The number of hydrogen-bond acceptors (Lipinski definition) is 2. The SMILES string of the molecule is CNC(c1ccc(Cl)s1)C1CC(C)CC(C)C1. The Hall–Kier alpha value is -0.0500. The molecule has 0 spiro atoms. The lowest BCUT2D eigenvalue weighted by atomic mass is 9.73. The van der Waals surface area contributed by atoms with Gasteiger partial charge in [-0.15, -0.1) is 11.3 Å². The molecular formula is C14H22ClNS. The minimum absolute atomic E-state index is 0.484. The van der Waals surface area contributed by atoms with E-state index in [-0.39, 0.29) is 0 Å². The Morgan fingerprint density at radius 2 is 1.88 bits per heavy atom. The molecule has 1 aromatic rings. The second kappa shape index (κ2) is 5.73. The van der Waals surface area contributed by atoms with Crippen molar-refractivity contribution in [2.45, 2.75) is 39.2 Å². The third-order valence-electron chi connectivity index (χ3n) is 3.90. The number of thiophene rings is 1. The van der Waals surface area contributed by atoms with Gasteiger partial charge >= 0.3 is 0 Å². The molecule has 3 heteroatoms. The van der Waals surface area contributed by atoms with Crippen molar-refractivity contribution in [2.75, 3.05) is 7.05 Å². The van der Waals surface area contributed by atoms with Crippen LogP contribution in [0.25, 0.3) is 0 Å². The third-order valence-corrected chi connectivity index (χ3v) is 5.21. The zero-order valence-electron chi connectivity index (χ0n) is 10.9. The summed E-state index contributed by atoms with van der Waals surface area (Å²) in [5.41, 5.74) is 0. The Balaban J connectivity index is 2.12. The second-order valence-corrected chi connectivity index (χ2v) is 7.33. The smallest absolute Gasteiger partial charge is 0.0931 e. The molecule has 1 aliphatic carbocycles. The van der Waals surface area contributed by atoms with Gasteiger partial charge in [0.2, 0.25) is 0 Å². The minimum atomic E-state index is 0.484. The van der Waals surface area contributed by atoms with Crippen molar-refractivity contribution in [3.05, 3.63) is 21.3 Å². The van der Waals surface area contributed by atoms with Crippen LogP contribution in [-0.4, -0.2) is 7.05 Å². The van der Waals surface area contributed by atoms with Gasteiger partial charge in [-0.2, -0.15) is 0 Å². The zero-order valence-corrected chi connectivity index (χ0v) is 12.4. The van der Waals surface area contributed by atoms with Crippen LogP contribution < -0.4 is 5.32 Å². The van der Waals surface area contributed by atoms with Crippen molar-refractivity contribution in [2.24, 2.45) is 17.8 Å². The molecule has 1 N–H and O–H groups in total. The maximum Gasteiger partial charge on any atom is 0.0931 e. The van der Waals surface area contributed by atoms with E-state index in [2.05, 4.69) is 32.3 Å². The van der Waals surface area contributed by atoms with E-state index in [1.165, 1.54) is 24.1 Å². The van der Waals surface area contributed by atoms with Gasteiger partial charge in [0.15, 0.2) is 0 Å². The molecule has 1 nitrogen and oxygen atoms in total. The molecular weight excluding hydrogens is 250 g/mol. The summed E-state index contributed by atoms with van der Waals surface area (Å²) in [6.07, 6.45) is 4.06. The van der Waals surface area contributed by atoms with Crippen molar-refractivity contribution in [1.82, 2.24) is 5.32 Å². The summed E-state index contributed by atoms with van der Waals surface area (Å²) in [7, 11) is 2.07. The molecule has 0 bridgehead atoms. The Labute approximate surface area is 114 Å². The predicted molar refractivity (Wildman–Crippen MR) is 76.8 cm³/mol. The monoisotopic (exact) mass is 271 g/mol. The molecule has 0 amide bonds. The lowest BCUT2D eigenvalue weighted by Gasteiger charge is -2.36. The highest BCUT2D eigenvalue weighted by molar-refractivity contribution is 7.16. The molecule has 1 aliphatic rings. The molecule has 1 fully saturated rings. The summed E-state index contributed by atoms with van der Waals surface area (Å²) in [5.74, 6) is 2.47. The summed E-state index contributed by atoms with van der Waals surface area (Å²) < 4.78 is 0.900. The summed E-state index contributed by atoms with van der Waals surface area (Å²) >= 11 is 7.77. The predicted octanol–water partition coefficient (Wildman–Crippen LogP) is 4.73. The second-order valence-electron chi connectivity index (χ2n) is 5.59. The highest BCUT2D eigenvalue weighted by Crippen LogP contribution is 2.41. The van der Waals surface area contributed by atoms with Crippen LogP contribution in [0.3, 0.4) is 0 Å². The van der Waals surface area contributed by atoms with Crippen molar-refractivity contribution in [3.63, 3.8) is 0 Å². The van der Waals surface area contributed by atoms with Crippen molar-refractivity contribution >= 4 is 22.9 Å². The molecule has 1 saturated carbocycles. The van der Waals surface area contributed by atoms with Crippen molar-refractivity contribution < 1.29 is 0 Å². The first-order chi connectivity index (χ1) is 8.10. The van der Waals surface area contributed by atoms with Gasteiger partial charge in [0.05, 0.1) is 4.34 Å². The van der Waals surface area contributed by atoms with E-state index in [0.29, 0.717) is 6.04 Å². The van der Waals surface area contributed by atoms with Gasteiger partial charge in [0.25, 0.3) is 0 Å².